The molecule has 6 nitrogen and oxygen atoms in total. The van der Waals surface area contributed by atoms with Crippen LogP contribution in [0.5, 0.6) is 0 Å². The van der Waals surface area contributed by atoms with Gasteiger partial charge in [-0.05, 0) is 19.1 Å². The summed E-state index contributed by atoms with van der Waals surface area (Å²) in [5.41, 5.74) is 0. The monoisotopic (exact) mass is 278 g/mol. The van der Waals surface area contributed by atoms with Crippen molar-refractivity contribution in [2.75, 3.05) is 50.0 Å². The van der Waals surface area contributed by atoms with E-state index < -0.39 is 0 Å². The maximum atomic E-state index is 12.0. The summed E-state index contributed by atoms with van der Waals surface area (Å²) in [6.07, 6.45) is 0.479. The quantitative estimate of drug-likeness (QED) is 0.818. The molecule has 110 valence electrons. The molecule has 1 aliphatic rings. The number of rotatable bonds is 6. The van der Waals surface area contributed by atoms with Crippen LogP contribution in [0.3, 0.4) is 0 Å². The molecule has 1 aliphatic heterocycles. The standard InChI is InChI=1S/C14H22N4O2/c1-2-15-12-4-3-5-13(17-12)16-7-6-14(19)18-8-10-20-11-9-18/h3-5H,2,6-11H2,1H3,(H2,15,16,17). The minimum atomic E-state index is 0.170. The van der Waals surface area contributed by atoms with E-state index in [2.05, 4.69) is 15.6 Å². The lowest BCUT2D eigenvalue weighted by Crippen LogP contribution is -2.41. The normalized spacial score (nSPS) is 14.9. The smallest absolute Gasteiger partial charge is 0.224 e. The van der Waals surface area contributed by atoms with Crippen molar-refractivity contribution in [3.05, 3.63) is 18.2 Å². The lowest BCUT2D eigenvalue weighted by Gasteiger charge is -2.26. The largest absolute Gasteiger partial charge is 0.378 e. The van der Waals surface area contributed by atoms with Gasteiger partial charge in [0.2, 0.25) is 5.91 Å². The first-order chi connectivity index (χ1) is 9.79. The van der Waals surface area contributed by atoms with E-state index in [9.17, 15) is 4.79 Å². The molecule has 1 fully saturated rings. The van der Waals surface area contributed by atoms with Crippen molar-refractivity contribution in [2.45, 2.75) is 13.3 Å². The van der Waals surface area contributed by atoms with Gasteiger partial charge < -0.3 is 20.3 Å². The Morgan fingerprint density at radius 2 is 2.00 bits per heavy atom. The van der Waals surface area contributed by atoms with E-state index in [0.717, 1.165) is 18.2 Å². The van der Waals surface area contributed by atoms with Gasteiger partial charge in [-0.25, -0.2) is 4.98 Å². The summed E-state index contributed by atoms with van der Waals surface area (Å²) in [7, 11) is 0. The third-order valence-corrected chi connectivity index (χ3v) is 3.12. The van der Waals surface area contributed by atoms with E-state index in [1.807, 2.05) is 30.0 Å². The number of nitrogens with one attached hydrogen (secondary N) is 2. The number of ether oxygens (including phenoxy) is 1. The van der Waals surface area contributed by atoms with Gasteiger partial charge in [0.15, 0.2) is 0 Å². The molecule has 0 bridgehead atoms. The molecule has 6 heteroatoms. The van der Waals surface area contributed by atoms with Gasteiger partial charge in [-0.2, -0.15) is 0 Å². The summed E-state index contributed by atoms with van der Waals surface area (Å²) in [6, 6.07) is 5.77. The van der Waals surface area contributed by atoms with Crippen LogP contribution >= 0.6 is 0 Å². The van der Waals surface area contributed by atoms with Crippen LogP contribution in [0.15, 0.2) is 18.2 Å². The van der Waals surface area contributed by atoms with Crippen LogP contribution in [0, 0.1) is 0 Å². The minimum Gasteiger partial charge on any atom is -0.378 e. The van der Waals surface area contributed by atoms with E-state index in [4.69, 9.17) is 4.74 Å². The number of morpholine rings is 1. The second kappa shape index (κ2) is 7.69. The highest BCUT2D eigenvalue weighted by Gasteiger charge is 2.15. The topological polar surface area (TPSA) is 66.5 Å². The molecule has 0 aromatic carbocycles. The van der Waals surface area contributed by atoms with Gasteiger partial charge in [0, 0.05) is 32.6 Å². The number of pyridine rings is 1. The SMILES string of the molecule is CCNc1cccc(NCCC(=O)N2CCOCC2)n1. The fourth-order valence-electron chi connectivity index (χ4n) is 2.08. The first kappa shape index (κ1) is 14.6. The van der Waals surface area contributed by atoms with Crippen molar-refractivity contribution in [1.82, 2.24) is 9.88 Å². The highest BCUT2D eigenvalue weighted by Crippen LogP contribution is 2.09. The zero-order chi connectivity index (χ0) is 14.2. The van der Waals surface area contributed by atoms with Crippen LogP contribution in [0.4, 0.5) is 11.6 Å². The van der Waals surface area contributed by atoms with Gasteiger partial charge in [-0.15, -0.1) is 0 Å². The number of aromatic nitrogens is 1. The van der Waals surface area contributed by atoms with Crippen molar-refractivity contribution in [1.29, 1.82) is 0 Å². The molecule has 20 heavy (non-hydrogen) atoms. The Balaban J connectivity index is 1.74. The molecule has 0 aliphatic carbocycles. The number of carbonyl (C=O) groups excluding carboxylic acids is 1. The van der Waals surface area contributed by atoms with Crippen LogP contribution < -0.4 is 10.6 Å². The average molecular weight is 278 g/mol. The van der Waals surface area contributed by atoms with E-state index in [1.165, 1.54) is 0 Å². The van der Waals surface area contributed by atoms with Gasteiger partial charge in [-0.1, -0.05) is 6.07 Å². The highest BCUT2D eigenvalue weighted by atomic mass is 16.5. The number of hydrogen-bond acceptors (Lipinski definition) is 5. The number of anilines is 2. The molecule has 0 radical (unpaired) electrons. The van der Waals surface area contributed by atoms with E-state index >= 15 is 0 Å². The molecule has 1 aromatic rings. The molecule has 1 saturated heterocycles. The first-order valence-electron chi connectivity index (χ1n) is 7.10. The number of hydrogen-bond donors (Lipinski definition) is 2. The predicted octanol–water partition coefficient (Wildman–Crippen LogP) is 1.17. The molecule has 1 aromatic heterocycles. The van der Waals surface area contributed by atoms with Crippen LogP contribution in [-0.2, 0) is 9.53 Å². The van der Waals surface area contributed by atoms with Crippen molar-refractivity contribution in [2.24, 2.45) is 0 Å². The van der Waals surface area contributed by atoms with Gasteiger partial charge in [0.1, 0.15) is 11.6 Å². The van der Waals surface area contributed by atoms with Crippen molar-refractivity contribution in [3.8, 4) is 0 Å². The summed E-state index contributed by atoms with van der Waals surface area (Å²) >= 11 is 0. The lowest BCUT2D eigenvalue weighted by molar-refractivity contribution is -0.134. The van der Waals surface area contributed by atoms with E-state index in [-0.39, 0.29) is 5.91 Å². The third-order valence-electron chi connectivity index (χ3n) is 3.12. The molecule has 2 heterocycles. The highest BCUT2D eigenvalue weighted by molar-refractivity contribution is 5.76. The molecule has 0 unspecified atom stereocenters. The van der Waals surface area contributed by atoms with Gasteiger partial charge in [-0.3, -0.25) is 4.79 Å². The van der Waals surface area contributed by atoms with Crippen molar-refractivity contribution in [3.63, 3.8) is 0 Å². The second-order valence-corrected chi connectivity index (χ2v) is 4.61. The van der Waals surface area contributed by atoms with Crippen LogP contribution in [0.1, 0.15) is 13.3 Å². The Morgan fingerprint density at radius 3 is 2.70 bits per heavy atom. The molecule has 2 rings (SSSR count). The zero-order valence-corrected chi connectivity index (χ0v) is 11.9. The lowest BCUT2D eigenvalue weighted by atomic mass is 10.3. The maximum absolute atomic E-state index is 12.0. The van der Waals surface area contributed by atoms with Gasteiger partial charge in [0.25, 0.3) is 0 Å². The number of nitrogens with zero attached hydrogens (tertiary/aromatic N) is 2. The molecule has 0 spiro atoms. The zero-order valence-electron chi connectivity index (χ0n) is 11.9. The maximum Gasteiger partial charge on any atom is 0.224 e. The van der Waals surface area contributed by atoms with Crippen LogP contribution in [0.2, 0.25) is 0 Å². The van der Waals surface area contributed by atoms with Crippen LogP contribution in [-0.4, -0.2) is 55.2 Å². The second-order valence-electron chi connectivity index (χ2n) is 4.61. The van der Waals surface area contributed by atoms with Gasteiger partial charge in [0.05, 0.1) is 13.2 Å². The fourth-order valence-corrected chi connectivity index (χ4v) is 2.08. The summed E-state index contributed by atoms with van der Waals surface area (Å²) in [5.74, 6) is 1.80. The first-order valence-corrected chi connectivity index (χ1v) is 7.10. The summed E-state index contributed by atoms with van der Waals surface area (Å²) in [5, 5.41) is 6.34. The number of carbonyl (C=O) groups is 1. The predicted molar refractivity (Wildman–Crippen MR) is 78.9 cm³/mol. The fraction of sp³-hybridized carbons (Fsp3) is 0.571. The van der Waals surface area contributed by atoms with E-state index in [0.29, 0.717) is 39.3 Å². The van der Waals surface area contributed by atoms with E-state index in [1.54, 1.807) is 0 Å². The Bertz CT molecular complexity index is 433. The molecular formula is C14H22N4O2. The Hall–Kier alpha value is -1.82. The molecule has 1 amide bonds. The van der Waals surface area contributed by atoms with Crippen molar-refractivity contribution < 1.29 is 9.53 Å². The summed E-state index contributed by atoms with van der Waals surface area (Å²) in [6.45, 7) is 6.16. The van der Waals surface area contributed by atoms with Gasteiger partial charge >= 0.3 is 0 Å². The third kappa shape index (κ3) is 4.38. The molecule has 0 saturated carbocycles. The summed E-state index contributed by atoms with van der Waals surface area (Å²) in [4.78, 5) is 18.2. The van der Waals surface area contributed by atoms with Crippen LogP contribution in [0.25, 0.3) is 0 Å². The molecule has 2 N–H and O–H groups in total. The molecule has 0 atom stereocenters. The molecular weight excluding hydrogens is 256 g/mol. The minimum absolute atomic E-state index is 0.170. The van der Waals surface area contributed by atoms with Crippen molar-refractivity contribution >= 4 is 17.5 Å². The number of amides is 1. The summed E-state index contributed by atoms with van der Waals surface area (Å²) < 4.78 is 5.23. The Morgan fingerprint density at radius 1 is 1.30 bits per heavy atom. The Kier molecular flexibility index (Phi) is 5.61. The Labute approximate surface area is 119 Å². The average Bonchev–Trinajstić information content (AvgIpc) is 2.49.